The molecule has 39 heavy (non-hydrogen) atoms. The molecule has 4 heterocycles. The molecular formula is C28H29N5O5S. The Morgan fingerprint density at radius 2 is 1.92 bits per heavy atom. The molecule has 3 aromatic heterocycles. The molecule has 1 amide bonds. The number of benzene rings is 1. The zero-order valence-electron chi connectivity index (χ0n) is 21.9. The number of primary amides is 1. The third-order valence-corrected chi connectivity index (χ3v) is 8.41. The van der Waals surface area contributed by atoms with Crippen molar-refractivity contribution in [3.63, 3.8) is 0 Å². The maximum Gasteiger partial charge on any atom is 0.253 e. The summed E-state index contributed by atoms with van der Waals surface area (Å²) in [5, 5.41) is 3.73. The van der Waals surface area contributed by atoms with Crippen molar-refractivity contribution in [1.82, 2.24) is 15.1 Å². The van der Waals surface area contributed by atoms with Crippen molar-refractivity contribution < 1.29 is 22.5 Å². The number of hydrogen-bond donors (Lipinski definition) is 1. The number of hydrogen-bond acceptors (Lipinski definition) is 9. The average Bonchev–Trinajstić information content (AvgIpc) is 3.50. The zero-order valence-corrected chi connectivity index (χ0v) is 22.7. The lowest BCUT2D eigenvalue weighted by atomic mass is 9.97. The molecular weight excluding hydrogens is 518 g/mol. The minimum absolute atomic E-state index is 0.0149. The highest BCUT2D eigenvalue weighted by molar-refractivity contribution is 7.91. The predicted molar refractivity (Wildman–Crippen MR) is 144 cm³/mol. The van der Waals surface area contributed by atoms with Gasteiger partial charge in [-0.05, 0) is 38.3 Å². The molecule has 1 aliphatic heterocycles. The second-order valence-corrected chi connectivity index (χ2v) is 12.1. The first kappa shape index (κ1) is 26.4. The molecule has 2 N–H and O–H groups in total. The lowest BCUT2D eigenvalue weighted by Gasteiger charge is -2.33. The largest absolute Gasteiger partial charge is 0.471 e. The summed E-state index contributed by atoms with van der Waals surface area (Å²) in [6.07, 6.45) is 2.24. The van der Waals surface area contributed by atoms with E-state index >= 15 is 0 Å². The number of amides is 1. The van der Waals surface area contributed by atoms with Crippen LogP contribution in [0.2, 0.25) is 0 Å². The molecule has 1 saturated heterocycles. The molecule has 1 aromatic carbocycles. The van der Waals surface area contributed by atoms with Crippen LogP contribution in [-0.2, 0) is 16.4 Å². The number of nitrogens with two attached hydrogens (primary N) is 1. The summed E-state index contributed by atoms with van der Waals surface area (Å²) in [6, 6.07) is 16.9. The second kappa shape index (κ2) is 10.1. The number of sulfone groups is 1. The van der Waals surface area contributed by atoms with Crippen LogP contribution in [0.5, 0.6) is 5.88 Å². The first-order chi connectivity index (χ1) is 18.6. The number of pyridine rings is 2. The number of carbonyl (C=O) groups excluding carboxylic acids is 1. The second-order valence-electron chi connectivity index (χ2n) is 10.3. The van der Waals surface area contributed by atoms with Gasteiger partial charge in [0.15, 0.2) is 10.8 Å². The summed E-state index contributed by atoms with van der Waals surface area (Å²) in [7, 11) is -4.25. The quantitative estimate of drug-likeness (QED) is 0.342. The first-order valence-electron chi connectivity index (χ1n) is 12.5. The standard InChI is InChI=1S/C28H29N5O5S/c1-18-15-28(2,3)33(16-18)27-25(26(29)34)22(12-13-30-27)39(35,36)24-11-7-10-23(31-24)37-17-20-14-21(38-32-20)19-8-5-4-6-9-19/h4-14,18H,15-17H2,1-3H3,(H2,29,34). The minimum Gasteiger partial charge on any atom is -0.471 e. The molecule has 202 valence electrons. The highest BCUT2D eigenvalue weighted by Crippen LogP contribution is 2.39. The lowest BCUT2D eigenvalue weighted by molar-refractivity contribution is 0.0997. The fraction of sp³-hybridized carbons (Fsp3) is 0.286. The molecule has 0 bridgehead atoms. The van der Waals surface area contributed by atoms with Gasteiger partial charge in [-0.2, -0.15) is 0 Å². The van der Waals surface area contributed by atoms with Crippen molar-refractivity contribution >= 4 is 21.6 Å². The van der Waals surface area contributed by atoms with Crippen LogP contribution < -0.4 is 15.4 Å². The van der Waals surface area contributed by atoms with Crippen LogP contribution in [0.3, 0.4) is 0 Å². The predicted octanol–water partition coefficient (Wildman–Crippen LogP) is 4.27. The van der Waals surface area contributed by atoms with E-state index in [2.05, 4.69) is 22.0 Å². The highest BCUT2D eigenvalue weighted by Gasteiger charge is 2.40. The van der Waals surface area contributed by atoms with E-state index in [0.29, 0.717) is 23.9 Å². The summed E-state index contributed by atoms with van der Waals surface area (Å²) in [4.78, 5) is 22.9. The molecule has 0 aliphatic carbocycles. The van der Waals surface area contributed by atoms with Gasteiger partial charge in [0.1, 0.15) is 23.7 Å². The number of aromatic nitrogens is 3. The Balaban J connectivity index is 1.43. The normalized spacial score (nSPS) is 16.8. The van der Waals surface area contributed by atoms with Crippen LogP contribution in [0.25, 0.3) is 11.3 Å². The fourth-order valence-electron chi connectivity index (χ4n) is 5.06. The summed E-state index contributed by atoms with van der Waals surface area (Å²) in [5.74, 6) is 0.378. The molecule has 1 unspecified atom stereocenters. The fourth-order valence-corrected chi connectivity index (χ4v) is 6.45. The topological polar surface area (TPSA) is 142 Å². The molecule has 11 heteroatoms. The van der Waals surface area contributed by atoms with Crippen LogP contribution in [0.15, 0.2) is 81.3 Å². The maximum absolute atomic E-state index is 13.7. The molecule has 0 saturated carbocycles. The summed E-state index contributed by atoms with van der Waals surface area (Å²) in [6.45, 7) is 6.80. The monoisotopic (exact) mass is 547 g/mol. The van der Waals surface area contributed by atoms with Gasteiger partial charge < -0.3 is 19.9 Å². The van der Waals surface area contributed by atoms with Crippen molar-refractivity contribution in [1.29, 1.82) is 0 Å². The summed E-state index contributed by atoms with van der Waals surface area (Å²) >= 11 is 0. The van der Waals surface area contributed by atoms with Crippen molar-refractivity contribution in [2.24, 2.45) is 11.7 Å². The van der Waals surface area contributed by atoms with Crippen molar-refractivity contribution in [2.45, 2.75) is 49.3 Å². The van der Waals surface area contributed by atoms with Crippen LogP contribution >= 0.6 is 0 Å². The van der Waals surface area contributed by atoms with E-state index in [-0.39, 0.29) is 39.3 Å². The molecule has 0 spiro atoms. The van der Waals surface area contributed by atoms with E-state index in [1.54, 1.807) is 12.1 Å². The SMILES string of the molecule is CC1CN(c2nccc(S(=O)(=O)c3cccc(OCc4cc(-c5ccccc5)on4)n3)c2C(N)=O)C(C)(C)C1. The van der Waals surface area contributed by atoms with Crippen LogP contribution in [0.1, 0.15) is 43.2 Å². The number of rotatable bonds is 8. The van der Waals surface area contributed by atoms with Crippen LogP contribution in [-0.4, -0.2) is 41.5 Å². The van der Waals surface area contributed by atoms with Gasteiger partial charge in [-0.1, -0.05) is 48.5 Å². The summed E-state index contributed by atoms with van der Waals surface area (Å²) in [5.41, 5.74) is 6.65. The molecule has 1 fully saturated rings. The van der Waals surface area contributed by atoms with Gasteiger partial charge in [-0.15, -0.1) is 0 Å². The Morgan fingerprint density at radius 1 is 1.15 bits per heavy atom. The van der Waals surface area contributed by atoms with E-state index in [4.69, 9.17) is 15.0 Å². The Kier molecular flexibility index (Phi) is 6.85. The van der Waals surface area contributed by atoms with Crippen LogP contribution in [0, 0.1) is 5.92 Å². The molecule has 1 aliphatic rings. The summed E-state index contributed by atoms with van der Waals surface area (Å²) < 4.78 is 38.6. The van der Waals surface area contributed by atoms with Crippen LogP contribution in [0.4, 0.5) is 5.82 Å². The Hall–Kier alpha value is -4.25. The number of anilines is 1. The van der Waals surface area contributed by atoms with Gasteiger partial charge in [0, 0.05) is 36.0 Å². The first-order valence-corrected chi connectivity index (χ1v) is 14.0. The minimum atomic E-state index is -4.25. The molecule has 0 radical (unpaired) electrons. The average molecular weight is 548 g/mol. The van der Waals surface area contributed by atoms with Crippen molar-refractivity contribution in [2.75, 3.05) is 11.4 Å². The van der Waals surface area contributed by atoms with Gasteiger partial charge in [0.25, 0.3) is 5.91 Å². The van der Waals surface area contributed by atoms with Crippen molar-refractivity contribution in [3.05, 3.63) is 78.1 Å². The van der Waals surface area contributed by atoms with E-state index in [0.717, 1.165) is 12.0 Å². The molecule has 10 nitrogen and oxygen atoms in total. The van der Waals surface area contributed by atoms with E-state index in [9.17, 15) is 13.2 Å². The lowest BCUT2D eigenvalue weighted by Crippen LogP contribution is -2.40. The Bertz CT molecular complexity index is 1620. The number of nitrogens with zero attached hydrogens (tertiary/aromatic N) is 4. The maximum atomic E-state index is 13.7. The third-order valence-electron chi connectivity index (χ3n) is 6.72. The van der Waals surface area contributed by atoms with E-state index in [1.807, 2.05) is 49.1 Å². The molecule has 1 atom stereocenters. The van der Waals surface area contributed by atoms with Crippen molar-refractivity contribution in [3.8, 4) is 17.2 Å². The molecule has 4 aromatic rings. The Morgan fingerprint density at radius 3 is 2.62 bits per heavy atom. The van der Waals surface area contributed by atoms with Gasteiger partial charge in [-0.3, -0.25) is 4.79 Å². The van der Waals surface area contributed by atoms with Gasteiger partial charge >= 0.3 is 0 Å². The van der Waals surface area contributed by atoms with Gasteiger partial charge in [0.05, 0.1) is 4.90 Å². The van der Waals surface area contributed by atoms with Gasteiger partial charge in [0.2, 0.25) is 15.7 Å². The Labute approximate surface area is 226 Å². The van der Waals surface area contributed by atoms with Gasteiger partial charge in [-0.25, -0.2) is 18.4 Å². The third kappa shape index (κ3) is 5.22. The van der Waals surface area contributed by atoms with E-state index < -0.39 is 15.7 Å². The molecule has 5 rings (SSSR count). The zero-order chi connectivity index (χ0) is 27.8. The smallest absolute Gasteiger partial charge is 0.253 e. The van der Waals surface area contributed by atoms with E-state index in [1.165, 1.54) is 24.4 Å². The number of ether oxygens (including phenoxy) is 1. The number of carbonyl (C=O) groups is 1. The highest BCUT2D eigenvalue weighted by atomic mass is 32.2.